The molecule has 0 saturated heterocycles. The summed E-state index contributed by atoms with van der Waals surface area (Å²) < 4.78 is 0. The van der Waals surface area contributed by atoms with E-state index in [0.29, 0.717) is 27.8 Å². The maximum absolute atomic E-state index is 12.4. The first-order chi connectivity index (χ1) is 12.1. The summed E-state index contributed by atoms with van der Waals surface area (Å²) in [6, 6.07) is 16.3. The highest BCUT2D eigenvalue weighted by molar-refractivity contribution is 6.31. The Morgan fingerprint density at radius 1 is 0.960 bits per heavy atom. The first kappa shape index (κ1) is 17.3. The largest absolute Gasteiger partial charge is 0.380 e. The van der Waals surface area contributed by atoms with Crippen LogP contribution in [0.25, 0.3) is 0 Å². The Kier molecular flexibility index (Phi) is 5.53. The molecular formula is C19H15Cl2N3O. The van der Waals surface area contributed by atoms with Crippen molar-refractivity contribution in [2.75, 3.05) is 10.6 Å². The van der Waals surface area contributed by atoms with Crippen LogP contribution in [0.15, 0.2) is 67.0 Å². The molecule has 0 aliphatic rings. The Hall–Kier alpha value is -2.56. The van der Waals surface area contributed by atoms with E-state index in [0.717, 1.165) is 11.3 Å². The fourth-order valence-electron chi connectivity index (χ4n) is 2.27. The molecule has 0 saturated carbocycles. The number of pyridine rings is 1. The molecule has 3 aromatic rings. The van der Waals surface area contributed by atoms with Gasteiger partial charge in [0.15, 0.2) is 0 Å². The van der Waals surface area contributed by atoms with E-state index >= 15 is 0 Å². The molecule has 0 aliphatic carbocycles. The van der Waals surface area contributed by atoms with Crippen molar-refractivity contribution in [2.24, 2.45) is 0 Å². The van der Waals surface area contributed by atoms with Crippen molar-refractivity contribution >= 4 is 40.5 Å². The molecule has 1 aromatic heterocycles. The Morgan fingerprint density at radius 2 is 1.80 bits per heavy atom. The molecule has 0 unspecified atom stereocenters. The van der Waals surface area contributed by atoms with Crippen LogP contribution in [0.5, 0.6) is 0 Å². The number of carbonyl (C=O) groups is 1. The minimum Gasteiger partial charge on any atom is -0.380 e. The van der Waals surface area contributed by atoms with E-state index in [9.17, 15) is 4.79 Å². The van der Waals surface area contributed by atoms with Crippen LogP contribution in [-0.4, -0.2) is 10.9 Å². The molecule has 0 bridgehead atoms. The summed E-state index contributed by atoms with van der Waals surface area (Å²) in [5.74, 6) is -0.254. The molecule has 2 aromatic carbocycles. The summed E-state index contributed by atoms with van der Waals surface area (Å²) in [6.07, 6.45) is 3.17. The van der Waals surface area contributed by atoms with E-state index in [-0.39, 0.29) is 5.91 Å². The molecule has 0 aliphatic heterocycles. The number of halogens is 2. The number of benzene rings is 2. The molecule has 0 atom stereocenters. The predicted octanol–water partition coefficient (Wildman–Crippen LogP) is 5.25. The maximum atomic E-state index is 12.4. The molecule has 0 spiro atoms. The minimum absolute atomic E-state index is 0.254. The molecule has 25 heavy (non-hydrogen) atoms. The van der Waals surface area contributed by atoms with E-state index in [1.54, 1.807) is 36.5 Å². The first-order valence-corrected chi connectivity index (χ1v) is 8.36. The van der Waals surface area contributed by atoms with Crippen LogP contribution < -0.4 is 10.6 Å². The van der Waals surface area contributed by atoms with Gasteiger partial charge in [-0.1, -0.05) is 47.5 Å². The molecule has 4 nitrogen and oxygen atoms in total. The topological polar surface area (TPSA) is 54.0 Å². The lowest BCUT2D eigenvalue weighted by atomic mass is 10.2. The van der Waals surface area contributed by atoms with Crippen molar-refractivity contribution < 1.29 is 4.79 Å². The summed E-state index contributed by atoms with van der Waals surface area (Å²) in [5, 5.41) is 7.27. The number of nitrogens with one attached hydrogen (secondary N) is 2. The number of hydrogen-bond acceptors (Lipinski definition) is 3. The quantitative estimate of drug-likeness (QED) is 0.643. The highest BCUT2D eigenvalue weighted by atomic mass is 35.5. The van der Waals surface area contributed by atoms with E-state index in [1.165, 1.54) is 6.20 Å². The summed E-state index contributed by atoms with van der Waals surface area (Å²) in [5.41, 5.74) is 2.78. The molecule has 1 heterocycles. The van der Waals surface area contributed by atoms with Gasteiger partial charge in [0.25, 0.3) is 5.91 Å². The normalized spacial score (nSPS) is 10.3. The van der Waals surface area contributed by atoms with E-state index in [2.05, 4.69) is 15.6 Å². The monoisotopic (exact) mass is 371 g/mol. The lowest BCUT2D eigenvalue weighted by molar-refractivity contribution is 0.102. The van der Waals surface area contributed by atoms with Crippen molar-refractivity contribution in [3.8, 4) is 0 Å². The highest BCUT2D eigenvalue weighted by Crippen LogP contribution is 2.19. The summed E-state index contributed by atoms with van der Waals surface area (Å²) in [4.78, 5) is 16.5. The third-order valence-corrected chi connectivity index (χ3v) is 4.13. The van der Waals surface area contributed by atoms with Gasteiger partial charge in [0.2, 0.25) is 0 Å². The molecule has 126 valence electrons. The number of carbonyl (C=O) groups excluding carboxylic acids is 1. The van der Waals surface area contributed by atoms with Crippen LogP contribution in [0.3, 0.4) is 0 Å². The van der Waals surface area contributed by atoms with Crippen molar-refractivity contribution in [1.29, 1.82) is 0 Å². The van der Waals surface area contributed by atoms with Gasteiger partial charge >= 0.3 is 0 Å². The lowest BCUT2D eigenvalue weighted by Gasteiger charge is -2.10. The van der Waals surface area contributed by atoms with Crippen molar-refractivity contribution in [3.05, 3.63) is 88.2 Å². The van der Waals surface area contributed by atoms with Gasteiger partial charge in [-0.25, -0.2) is 0 Å². The zero-order chi connectivity index (χ0) is 17.6. The highest BCUT2D eigenvalue weighted by Gasteiger charge is 2.08. The molecule has 6 heteroatoms. The Balaban J connectivity index is 1.68. The zero-order valence-corrected chi connectivity index (χ0v) is 14.7. The van der Waals surface area contributed by atoms with Crippen LogP contribution in [0.4, 0.5) is 11.4 Å². The number of amides is 1. The number of nitrogens with zero attached hydrogens (tertiary/aromatic N) is 1. The molecule has 0 radical (unpaired) electrons. The van der Waals surface area contributed by atoms with Gasteiger partial charge in [-0.3, -0.25) is 9.78 Å². The second-order valence-corrected chi connectivity index (χ2v) is 6.22. The fraction of sp³-hybridized carbons (Fsp3) is 0.0526. The SMILES string of the molecule is O=C(Nc1cccc(Cl)c1)c1cncc(NCc2ccccc2Cl)c1. The molecular weight excluding hydrogens is 357 g/mol. The Bertz CT molecular complexity index is 899. The van der Waals surface area contributed by atoms with Crippen LogP contribution in [0.1, 0.15) is 15.9 Å². The van der Waals surface area contributed by atoms with Crippen LogP contribution >= 0.6 is 23.2 Å². The van der Waals surface area contributed by atoms with Gasteiger partial charge in [0.05, 0.1) is 11.3 Å². The summed E-state index contributed by atoms with van der Waals surface area (Å²) >= 11 is 12.1. The third kappa shape index (κ3) is 4.72. The molecule has 0 fully saturated rings. The van der Waals surface area contributed by atoms with Gasteiger partial charge in [-0.2, -0.15) is 0 Å². The lowest BCUT2D eigenvalue weighted by Crippen LogP contribution is -2.12. The molecule has 2 N–H and O–H groups in total. The smallest absolute Gasteiger partial charge is 0.257 e. The van der Waals surface area contributed by atoms with E-state index < -0.39 is 0 Å². The van der Waals surface area contributed by atoms with Gasteiger partial charge in [0.1, 0.15) is 0 Å². The number of anilines is 2. The van der Waals surface area contributed by atoms with Crippen LogP contribution in [0.2, 0.25) is 10.0 Å². The predicted molar refractivity (Wildman–Crippen MR) is 102 cm³/mol. The van der Waals surface area contributed by atoms with Gasteiger partial charge in [-0.05, 0) is 35.9 Å². The first-order valence-electron chi connectivity index (χ1n) is 7.61. The van der Waals surface area contributed by atoms with Crippen LogP contribution in [-0.2, 0) is 6.54 Å². The number of hydrogen-bond donors (Lipinski definition) is 2. The second-order valence-electron chi connectivity index (χ2n) is 5.37. The van der Waals surface area contributed by atoms with Crippen molar-refractivity contribution in [3.63, 3.8) is 0 Å². The Labute approximate surface area is 155 Å². The number of rotatable bonds is 5. The standard InChI is InChI=1S/C19H15Cl2N3O/c20-15-5-3-6-16(9-15)24-19(25)14-8-17(12-22-10-14)23-11-13-4-1-2-7-18(13)21/h1-10,12,23H,11H2,(H,24,25). The van der Waals surface area contributed by atoms with E-state index in [4.69, 9.17) is 23.2 Å². The average Bonchev–Trinajstić information content (AvgIpc) is 2.61. The Morgan fingerprint density at radius 3 is 2.60 bits per heavy atom. The van der Waals surface area contributed by atoms with Crippen molar-refractivity contribution in [2.45, 2.75) is 6.54 Å². The van der Waals surface area contributed by atoms with Gasteiger partial charge in [0, 0.05) is 34.7 Å². The minimum atomic E-state index is -0.254. The number of aromatic nitrogens is 1. The zero-order valence-electron chi connectivity index (χ0n) is 13.2. The van der Waals surface area contributed by atoms with Crippen molar-refractivity contribution in [1.82, 2.24) is 4.98 Å². The van der Waals surface area contributed by atoms with Gasteiger partial charge < -0.3 is 10.6 Å². The summed E-state index contributed by atoms with van der Waals surface area (Å²) in [6.45, 7) is 0.542. The average molecular weight is 372 g/mol. The summed E-state index contributed by atoms with van der Waals surface area (Å²) in [7, 11) is 0. The fourth-order valence-corrected chi connectivity index (χ4v) is 2.66. The second kappa shape index (κ2) is 8.01. The molecule has 1 amide bonds. The van der Waals surface area contributed by atoms with Crippen LogP contribution in [0, 0.1) is 0 Å². The van der Waals surface area contributed by atoms with E-state index in [1.807, 2.05) is 24.3 Å². The van der Waals surface area contributed by atoms with Gasteiger partial charge in [-0.15, -0.1) is 0 Å². The third-order valence-electron chi connectivity index (χ3n) is 3.52. The molecule has 3 rings (SSSR count). The maximum Gasteiger partial charge on any atom is 0.257 e.